The third-order valence-electron chi connectivity index (χ3n) is 6.14. The molecule has 0 unspecified atom stereocenters. The zero-order valence-corrected chi connectivity index (χ0v) is 18.1. The van der Waals surface area contributed by atoms with Crippen LogP contribution < -0.4 is 10.5 Å². The van der Waals surface area contributed by atoms with Gasteiger partial charge in [0.05, 0.1) is 12.1 Å². The van der Waals surface area contributed by atoms with E-state index in [2.05, 4.69) is 25.3 Å². The summed E-state index contributed by atoms with van der Waals surface area (Å²) in [5.41, 5.74) is -0.968. The summed E-state index contributed by atoms with van der Waals surface area (Å²) in [4.78, 5) is 16.6. The van der Waals surface area contributed by atoms with E-state index in [1.807, 2.05) is 0 Å². The number of halogens is 3. The van der Waals surface area contributed by atoms with Crippen LogP contribution in [0.25, 0.3) is 11.0 Å². The first-order valence-electron chi connectivity index (χ1n) is 10.3. The molecule has 33 heavy (non-hydrogen) atoms. The molecule has 1 aliphatic heterocycles. The molecule has 174 valence electrons. The van der Waals surface area contributed by atoms with Gasteiger partial charge in [-0.2, -0.15) is 18.2 Å². The predicted octanol–water partition coefficient (Wildman–Crippen LogP) is 3.39. The summed E-state index contributed by atoms with van der Waals surface area (Å²) in [6, 6.07) is 4.47. The molecule has 0 aromatic carbocycles. The third-order valence-corrected chi connectivity index (χ3v) is 7.04. The average Bonchev–Trinajstić information content (AvgIpc) is 3.12. The van der Waals surface area contributed by atoms with Gasteiger partial charge >= 0.3 is 6.18 Å². The lowest BCUT2D eigenvalue weighted by atomic mass is 9.76. The fourth-order valence-corrected chi connectivity index (χ4v) is 5.26. The van der Waals surface area contributed by atoms with Crippen molar-refractivity contribution in [3.8, 4) is 0 Å². The maximum atomic E-state index is 14.0. The van der Waals surface area contributed by atoms with Gasteiger partial charge in [-0.15, -0.1) is 0 Å². The Morgan fingerprint density at radius 3 is 2.48 bits per heavy atom. The smallest absolute Gasteiger partial charge is 0.316 e. The van der Waals surface area contributed by atoms with Gasteiger partial charge in [0, 0.05) is 23.5 Å². The number of nitrogens with two attached hydrogens (primary N) is 1. The molecule has 0 radical (unpaired) electrons. The Kier molecular flexibility index (Phi) is 4.94. The highest BCUT2D eigenvalue weighted by Gasteiger charge is 2.54. The summed E-state index contributed by atoms with van der Waals surface area (Å²) in [6.07, 6.45) is 1.00. The molecule has 2 aliphatic rings. The number of primary sulfonamides is 1. The van der Waals surface area contributed by atoms with Gasteiger partial charge in [0.2, 0.25) is 16.0 Å². The fourth-order valence-electron chi connectivity index (χ4n) is 4.80. The maximum Gasteiger partial charge on any atom is 0.431 e. The summed E-state index contributed by atoms with van der Waals surface area (Å²) in [6.45, 7) is -0.0771. The van der Waals surface area contributed by atoms with Crippen molar-refractivity contribution in [3.05, 3.63) is 36.3 Å². The summed E-state index contributed by atoms with van der Waals surface area (Å²) < 4.78 is 66.5. The first kappa shape index (κ1) is 21.8. The molecule has 1 aliphatic carbocycles. The van der Waals surface area contributed by atoms with Crippen molar-refractivity contribution in [1.82, 2.24) is 19.5 Å². The van der Waals surface area contributed by atoms with E-state index in [9.17, 15) is 21.6 Å². The Morgan fingerprint density at radius 1 is 1.09 bits per heavy atom. The van der Waals surface area contributed by atoms with E-state index in [1.165, 1.54) is 12.1 Å². The zero-order valence-electron chi connectivity index (χ0n) is 17.3. The number of hydrogen-bond acceptors (Lipinski definition) is 7. The van der Waals surface area contributed by atoms with Crippen LogP contribution in [-0.2, 0) is 22.1 Å². The zero-order chi connectivity index (χ0) is 23.4. The van der Waals surface area contributed by atoms with Gasteiger partial charge in [0.15, 0.2) is 0 Å². The Labute approximate surface area is 187 Å². The molecule has 5 rings (SSSR count). The van der Waals surface area contributed by atoms with E-state index in [1.54, 1.807) is 16.8 Å². The molecule has 3 aromatic heterocycles. The summed E-state index contributed by atoms with van der Waals surface area (Å²) in [7, 11) is -3.89. The minimum atomic E-state index is -4.53. The van der Waals surface area contributed by atoms with E-state index in [4.69, 9.17) is 5.14 Å². The Bertz CT molecular complexity index is 1360. The molecule has 4 heterocycles. The summed E-state index contributed by atoms with van der Waals surface area (Å²) in [5, 5.41) is 8.57. The molecule has 9 nitrogen and oxygen atoms in total. The molecular formula is C20H20F3N7O2S. The lowest BCUT2D eigenvalue weighted by Gasteiger charge is -2.43. The van der Waals surface area contributed by atoms with Crippen LogP contribution in [0.5, 0.6) is 0 Å². The largest absolute Gasteiger partial charge is 0.431 e. The maximum absolute atomic E-state index is 14.0. The van der Waals surface area contributed by atoms with Crippen LogP contribution in [0.3, 0.4) is 0 Å². The summed E-state index contributed by atoms with van der Waals surface area (Å²) >= 11 is 0. The van der Waals surface area contributed by atoms with E-state index < -0.39 is 27.5 Å². The van der Waals surface area contributed by atoms with Crippen molar-refractivity contribution in [3.63, 3.8) is 0 Å². The number of alkyl halides is 3. The molecule has 0 bridgehead atoms. The number of aliphatic imine (C=N–C) groups is 1. The molecule has 1 spiro atoms. The van der Waals surface area contributed by atoms with Gasteiger partial charge in [-0.05, 0) is 31.0 Å². The number of hydrogen-bond donors (Lipinski definition) is 2. The number of nitrogens with zero attached hydrogens (tertiary/aromatic N) is 5. The van der Waals surface area contributed by atoms with Gasteiger partial charge in [-0.3, -0.25) is 4.99 Å². The van der Waals surface area contributed by atoms with Gasteiger partial charge in [0.1, 0.15) is 22.1 Å². The van der Waals surface area contributed by atoms with Crippen LogP contribution in [0, 0.1) is 0 Å². The van der Waals surface area contributed by atoms with Crippen LogP contribution in [0.4, 0.5) is 24.9 Å². The van der Waals surface area contributed by atoms with Crippen LogP contribution in [0.1, 0.15) is 37.8 Å². The second-order valence-corrected chi connectivity index (χ2v) is 9.81. The van der Waals surface area contributed by atoms with Crippen molar-refractivity contribution < 1.29 is 21.6 Å². The van der Waals surface area contributed by atoms with Crippen LogP contribution in [-0.4, -0.2) is 39.8 Å². The quantitative estimate of drug-likeness (QED) is 0.593. The monoisotopic (exact) mass is 479 g/mol. The van der Waals surface area contributed by atoms with Crippen molar-refractivity contribution in [2.75, 3.05) is 5.32 Å². The van der Waals surface area contributed by atoms with Gasteiger partial charge < -0.3 is 9.88 Å². The van der Waals surface area contributed by atoms with E-state index in [0.29, 0.717) is 42.4 Å². The average molecular weight is 479 g/mol. The highest BCUT2D eigenvalue weighted by molar-refractivity contribution is 7.89. The van der Waals surface area contributed by atoms with Gasteiger partial charge in [-0.1, -0.05) is 19.3 Å². The van der Waals surface area contributed by atoms with E-state index in [0.717, 1.165) is 12.6 Å². The minimum Gasteiger partial charge on any atom is -0.316 e. The lowest BCUT2D eigenvalue weighted by Crippen LogP contribution is -2.52. The first-order chi connectivity index (χ1) is 15.6. The predicted molar refractivity (Wildman–Crippen MR) is 115 cm³/mol. The molecule has 0 amide bonds. The first-order valence-corrected chi connectivity index (χ1v) is 11.9. The molecular weight excluding hydrogens is 459 g/mol. The van der Waals surface area contributed by atoms with E-state index >= 15 is 0 Å². The minimum absolute atomic E-state index is 0.0771. The second-order valence-electron chi connectivity index (χ2n) is 8.25. The van der Waals surface area contributed by atoms with Crippen LogP contribution >= 0.6 is 0 Å². The van der Waals surface area contributed by atoms with Gasteiger partial charge in [-0.25, -0.2) is 23.5 Å². The normalized spacial score (nSPS) is 18.2. The number of rotatable bonds is 3. The Balaban J connectivity index is 1.57. The third kappa shape index (κ3) is 3.74. The number of sulfonamides is 1. The van der Waals surface area contributed by atoms with Crippen LogP contribution in [0.2, 0.25) is 0 Å². The van der Waals surface area contributed by atoms with Crippen molar-refractivity contribution in [2.45, 2.75) is 55.3 Å². The molecule has 13 heteroatoms. The van der Waals surface area contributed by atoms with Crippen LogP contribution in [0.15, 0.2) is 40.5 Å². The lowest BCUT2D eigenvalue weighted by molar-refractivity contribution is -0.0688. The fraction of sp³-hybridized carbons (Fsp3) is 0.400. The molecule has 1 saturated carbocycles. The number of pyridine rings is 1. The van der Waals surface area contributed by atoms with E-state index in [-0.39, 0.29) is 23.2 Å². The van der Waals surface area contributed by atoms with Crippen molar-refractivity contribution >= 4 is 38.5 Å². The SMILES string of the molecule is NS(=O)(=O)c1ccc(Nc2ncc3cc4n(c3n2)C2(CCCCC2)C(C(F)(F)F)=NC4)nc1. The molecule has 3 N–H and O–H groups in total. The van der Waals surface area contributed by atoms with Gasteiger partial charge in [0.25, 0.3) is 0 Å². The Morgan fingerprint density at radius 2 is 1.85 bits per heavy atom. The number of fused-ring (bicyclic) bond motifs is 4. The number of nitrogens with one attached hydrogen (secondary N) is 1. The summed E-state index contributed by atoms with van der Waals surface area (Å²) in [5.74, 6) is 0.387. The van der Waals surface area contributed by atoms with Crippen molar-refractivity contribution in [1.29, 1.82) is 0 Å². The molecule has 0 saturated heterocycles. The standard InChI is InChI=1S/C20H20F3N7O2S/c21-20(22,23)17-19(6-2-1-3-7-19)30-13(10-26-17)8-12-9-27-18(29-16(12)30)28-15-5-4-14(11-25-15)33(24,31)32/h4-5,8-9,11H,1-3,6-7,10H2,(H2,24,31,32)(H,25,27,28,29). The topological polar surface area (TPSA) is 128 Å². The van der Waals surface area contributed by atoms with Crippen molar-refractivity contribution in [2.24, 2.45) is 10.1 Å². The number of aromatic nitrogens is 4. The molecule has 1 fully saturated rings. The highest BCUT2D eigenvalue weighted by atomic mass is 32.2. The molecule has 0 atom stereocenters. The second kappa shape index (κ2) is 7.48. The number of anilines is 2. The highest BCUT2D eigenvalue weighted by Crippen LogP contribution is 2.46. The molecule has 3 aromatic rings. The Hall–Kier alpha value is -3.06.